The average molecular weight is 215 g/mol. The van der Waals surface area contributed by atoms with Gasteiger partial charge in [0.05, 0.1) is 0 Å². The molecule has 0 saturated heterocycles. The molecule has 0 unspecified atom stereocenters. The fourth-order valence-electron chi connectivity index (χ4n) is 1.51. The zero-order valence-electron chi connectivity index (χ0n) is 9.20. The van der Waals surface area contributed by atoms with E-state index in [4.69, 9.17) is 0 Å². The molecule has 1 N–H and O–H groups in total. The third kappa shape index (κ3) is 2.83. The van der Waals surface area contributed by atoms with Gasteiger partial charge in [-0.25, -0.2) is 4.39 Å². The average Bonchev–Trinajstić information content (AvgIpc) is 2.28. The third-order valence-electron chi connectivity index (χ3n) is 2.44. The summed E-state index contributed by atoms with van der Waals surface area (Å²) in [5, 5.41) is 3.18. The van der Waals surface area contributed by atoms with E-state index in [2.05, 4.69) is 36.5 Å². The van der Waals surface area contributed by atoms with Gasteiger partial charge >= 0.3 is 0 Å². The van der Waals surface area contributed by atoms with Gasteiger partial charge in [-0.05, 0) is 30.7 Å². The maximum absolute atomic E-state index is 12.9. The molecule has 0 aliphatic heterocycles. The van der Waals surface area contributed by atoms with Crippen molar-refractivity contribution in [3.8, 4) is 0 Å². The molecule has 16 heavy (non-hydrogen) atoms. The van der Waals surface area contributed by atoms with Crippen LogP contribution in [-0.2, 0) is 6.54 Å². The lowest BCUT2D eigenvalue weighted by atomic mass is 10.1. The van der Waals surface area contributed by atoms with Crippen LogP contribution in [0.5, 0.6) is 0 Å². The zero-order chi connectivity index (χ0) is 11.4. The minimum Gasteiger partial charge on any atom is -0.381 e. The van der Waals surface area contributed by atoms with Crippen LogP contribution in [-0.4, -0.2) is 0 Å². The normalized spacial score (nSPS) is 10.1. The highest BCUT2D eigenvalue weighted by atomic mass is 19.1. The van der Waals surface area contributed by atoms with Gasteiger partial charge in [0.1, 0.15) is 5.82 Å². The van der Waals surface area contributed by atoms with Crippen LogP contribution in [0, 0.1) is 12.7 Å². The summed E-state index contributed by atoms with van der Waals surface area (Å²) < 4.78 is 12.9. The number of nitrogens with one attached hydrogen (secondary N) is 1. The molecule has 0 heterocycles. The molecule has 2 rings (SSSR count). The Morgan fingerprint density at radius 1 is 1.06 bits per heavy atom. The van der Waals surface area contributed by atoms with Crippen LogP contribution in [0.4, 0.5) is 10.1 Å². The standard InChI is InChI=1S/C14H14FN/c1-11-5-7-12(8-6-11)10-16-14-4-2-3-13(15)9-14/h2-9,16H,10H2,1H3. The molecular weight excluding hydrogens is 201 g/mol. The lowest BCUT2D eigenvalue weighted by Gasteiger charge is -2.06. The van der Waals surface area contributed by atoms with Crippen molar-refractivity contribution in [2.45, 2.75) is 13.5 Å². The summed E-state index contributed by atoms with van der Waals surface area (Å²) in [6.07, 6.45) is 0. The lowest BCUT2D eigenvalue weighted by Crippen LogP contribution is -1.99. The molecule has 0 aliphatic rings. The number of hydrogen-bond donors (Lipinski definition) is 1. The van der Waals surface area contributed by atoms with Crippen LogP contribution in [0.3, 0.4) is 0 Å². The molecule has 0 aliphatic carbocycles. The van der Waals surface area contributed by atoms with E-state index >= 15 is 0 Å². The number of rotatable bonds is 3. The minimum absolute atomic E-state index is 0.214. The first-order chi connectivity index (χ1) is 7.74. The topological polar surface area (TPSA) is 12.0 Å². The summed E-state index contributed by atoms with van der Waals surface area (Å²) in [4.78, 5) is 0. The van der Waals surface area contributed by atoms with Gasteiger partial charge in [0, 0.05) is 12.2 Å². The van der Waals surface area contributed by atoms with E-state index in [1.165, 1.54) is 23.3 Å². The van der Waals surface area contributed by atoms with Crippen molar-refractivity contribution in [2.24, 2.45) is 0 Å². The number of benzene rings is 2. The first-order valence-corrected chi connectivity index (χ1v) is 5.29. The Hall–Kier alpha value is -1.83. The third-order valence-corrected chi connectivity index (χ3v) is 2.44. The molecule has 0 fully saturated rings. The van der Waals surface area contributed by atoms with E-state index in [0.29, 0.717) is 6.54 Å². The molecule has 0 aromatic heterocycles. The van der Waals surface area contributed by atoms with Crippen LogP contribution in [0.1, 0.15) is 11.1 Å². The van der Waals surface area contributed by atoms with E-state index in [1.807, 2.05) is 6.07 Å². The largest absolute Gasteiger partial charge is 0.381 e. The zero-order valence-corrected chi connectivity index (χ0v) is 9.20. The SMILES string of the molecule is Cc1ccc(CNc2cccc(F)c2)cc1. The van der Waals surface area contributed by atoms with Gasteiger partial charge in [0.2, 0.25) is 0 Å². The molecule has 0 spiro atoms. The molecule has 0 saturated carbocycles. The van der Waals surface area contributed by atoms with Gasteiger partial charge in [-0.2, -0.15) is 0 Å². The Morgan fingerprint density at radius 2 is 1.81 bits per heavy atom. The molecule has 2 heteroatoms. The summed E-state index contributed by atoms with van der Waals surface area (Å²) in [6, 6.07) is 14.8. The first kappa shape index (κ1) is 10.7. The number of anilines is 1. The summed E-state index contributed by atoms with van der Waals surface area (Å²) in [7, 11) is 0. The molecule has 0 bridgehead atoms. The van der Waals surface area contributed by atoms with E-state index in [0.717, 1.165) is 5.69 Å². The maximum Gasteiger partial charge on any atom is 0.125 e. The Labute approximate surface area is 94.9 Å². The van der Waals surface area contributed by atoms with Gasteiger partial charge < -0.3 is 5.32 Å². The van der Waals surface area contributed by atoms with Gasteiger partial charge in [0.25, 0.3) is 0 Å². The highest BCUT2D eigenvalue weighted by Crippen LogP contribution is 2.11. The van der Waals surface area contributed by atoms with Crippen molar-refractivity contribution in [2.75, 3.05) is 5.32 Å². The van der Waals surface area contributed by atoms with Crippen molar-refractivity contribution in [1.82, 2.24) is 0 Å². The number of aryl methyl sites for hydroxylation is 1. The summed E-state index contributed by atoms with van der Waals surface area (Å²) >= 11 is 0. The van der Waals surface area contributed by atoms with Crippen molar-refractivity contribution < 1.29 is 4.39 Å². The summed E-state index contributed by atoms with van der Waals surface area (Å²) in [5.74, 6) is -0.214. The molecule has 82 valence electrons. The lowest BCUT2D eigenvalue weighted by molar-refractivity contribution is 0.628. The maximum atomic E-state index is 12.9. The molecule has 0 amide bonds. The second-order valence-corrected chi connectivity index (χ2v) is 3.85. The highest BCUT2D eigenvalue weighted by Gasteiger charge is 1.95. The first-order valence-electron chi connectivity index (χ1n) is 5.29. The van der Waals surface area contributed by atoms with Crippen LogP contribution in [0.2, 0.25) is 0 Å². The Balaban J connectivity index is 1.99. The Bertz CT molecular complexity index is 462. The minimum atomic E-state index is -0.214. The summed E-state index contributed by atoms with van der Waals surface area (Å²) in [5.41, 5.74) is 3.24. The second kappa shape index (κ2) is 4.79. The predicted octanol–water partition coefficient (Wildman–Crippen LogP) is 3.75. The van der Waals surface area contributed by atoms with Crippen LogP contribution < -0.4 is 5.32 Å². The molecule has 0 radical (unpaired) electrons. The highest BCUT2D eigenvalue weighted by molar-refractivity contribution is 5.43. The molecule has 2 aromatic carbocycles. The fraction of sp³-hybridized carbons (Fsp3) is 0.143. The summed E-state index contributed by atoms with van der Waals surface area (Å²) in [6.45, 7) is 2.77. The van der Waals surface area contributed by atoms with Gasteiger partial charge in [-0.1, -0.05) is 35.9 Å². The smallest absolute Gasteiger partial charge is 0.125 e. The van der Waals surface area contributed by atoms with Crippen molar-refractivity contribution >= 4 is 5.69 Å². The quantitative estimate of drug-likeness (QED) is 0.822. The van der Waals surface area contributed by atoms with E-state index < -0.39 is 0 Å². The van der Waals surface area contributed by atoms with Crippen LogP contribution >= 0.6 is 0 Å². The molecule has 0 atom stereocenters. The second-order valence-electron chi connectivity index (χ2n) is 3.85. The van der Waals surface area contributed by atoms with E-state index in [1.54, 1.807) is 6.07 Å². The van der Waals surface area contributed by atoms with Gasteiger partial charge in [-0.3, -0.25) is 0 Å². The number of halogens is 1. The van der Waals surface area contributed by atoms with Crippen molar-refractivity contribution in [3.63, 3.8) is 0 Å². The number of hydrogen-bond acceptors (Lipinski definition) is 1. The van der Waals surface area contributed by atoms with Crippen molar-refractivity contribution in [1.29, 1.82) is 0 Å². The van der Waals surface area contributed by atoms with Crippen LogP contribution in [0.25, 0.3) is 0 Å². The fourth-order valence-corrected chi connectivity index (χ4v) is 1.51. The van der Waals surface area contributed by atoms with E-state index in [9.17, 15) is 4.39 Å². The van der Waals surface area contributed by atoms with Gasteiger partial charge in [0.15, 0.2) is 0 Å². The molecular formula is C14H14FN. The van der Waals surface area contributed by atoms with Crippen LogP contribution in [0.15, 0.2) is 48.5 Å². The molecule has 1 nitrogen and oxygen atoms in total. The van der Waals surface area contributed by atoms with Crippen molar-refractivity contribution in [3.05, 3.63) is 65.5 Å². The Morgan fingerprint density at radius 3 is 2.50 bits per heavy atom. The Kier molecular flexibility index (Phi) is 3.20. The monoisotopic (exact) mass is 215 g/mol. The van der Waals surface area contributed by atoms with Gasteiger partial charge in [-0.15, -0.1) is 0 Å². The molecule has 2 aromatic rings. The van der Waals surface area contributed by atoms with E-state index in [-0.39, 0.29) is 5.82 Å². The predicted molar refractivity (Wildman–Crippen MR) is 64.9 cm³/mol.